The third-order valence-corrected chi connectivity index (χ3v) is 9.97. The van der Waals surface area contributed by atoms with Crippen LogP contribution in [0.4, 0.5) is 0 Å². The van der Waals surface area contributed by atoms with Crippen LogP contribution >= 0.6 is 0 Å². The van der Waals surface area contributed by atoms with Gasteiger partial charge in [-0.2, -0.15) is 5.26 Å². The van der Waals surface area contributed by atoms with Crippen molar-refractivity contribution in [1.82, 2.24) is 10.2 Å². The molecule has 4 fully saturated rings. The minimum atomic E-state index is -0.0392. The first kappa shape index (κ1) is 20.6. The molecule has 0 bridgehead atoms. The topological polar surface area (TPSA) is 59.3 Å². The number of hydrogen-bond acceptors (Lipinski definition) is 4. The number of nitriles is 1. The van der Waals surface area contributed by atoms with E-state index in [-0.39, 0.29) is 6.10 Å². The fourth-order valence-electron chi connectivity index (χ4n) is 8.49. The Morgan fingerprint density at radius 3 is 2.57 bits per heavy atom. The van der Waals surface area contributed by atoms with Crippen molar-refractivity contribution in [3.05, 3.63) is 0 Å². The van der Waals surface area contributed by atoms with Crippen LogP contribution in [0, 0.1) is 45.8 Å². The minimum absolute atomic E-state index is 0.0392. The number of nitrogens with zero attached hydrogens (tertiary/aromatic N) is 2. The van der Waals surface area contributed by atoms with Crippen LogP contribution < -0.4 is 5.32 Å². The minimum Gasteiger partial charge on any atom is -0.393 e. The van der Waals surface area contributed by atoms with Gasteiger partial charge in [-0.05, 0) is 99.3 Å². The maximum absolute atomic E-state index is 10.2. The lowest BCUT2D eigenvalue weighted by Crippen LogP contribution is -2.56. The Labute approximate surface area is 172 Å². The molecule has 4 aliphatic rings. The summed E-state index contributed by atoms with van der Waals surface area (Å²) in [6.07, 6.45) is 11.6. The second kappa shape index (κ2) is 7.89. The van der Waals surface area contributed by atoms with Crippen molar-refractivity contribution >= 4 is 0 Å². The number of hydrogen-bond donors (Lipinski definition) is 2. The average molecular weight is 388 g/mol. The lowest BCUT2D eigenvalue weighted by Gasteiger charge is -2.61. The first-order valence-corrected chi connectivity index (χ1v) is 11.9. The van der Waals surface area contributed by atoms with Gasteiger partial charge in [-0.3, -0.25) is 0 Å². The second-order valence-electron chi connectivity index (χ2n) is 11.0. The van der Waals surface area contributed by atoms with Crippen molar-refractivity contribution in [2.45, 2.75) is 83.8 Å². The van der Waals surface area contributed by atoms with Crippen LogP contribution in [0.15, 0.2) is 0 Å². The van der Waals surface area contributed by atoms with Crippen LogP contribution in [0.5, 0.6) is 0 Å². The maximum atomic E-state index is 10.2. The third kappa shape index (κ3) is 3.32. The maximum Gasteiger partial charge on any atom is 0.0841 e. The Morgan fingerprint density at radius 1 is 1.04 bits per heavy atom. The van der Waals surface area contributed by atoms with Gasteiger partial charge in [0.25, 0.3) is 0 Å². The zero-order valence-electron chi connectivity index (χ0n) is 18.3. The Bertz CT molecular complexity index is 603. The summed E-state index contributed by atoms with van der Waals surface area (Å²) in [5.74, 6) is 3.44. The van der Waals surface area contributed by atoms with E-state index in [4.69, 9.17) is 5.26 Å². The van der Waals surface area contributed by atoms with Crippen molar-refractivity contribution in [2.75, 3.05) is 26.7 Å². The average Bonchev–Trinajstić information content (AvgIpc) is 3.03. The molecule has 0 spiro atoms. The molecule has 0 amide bonds. The third-order valence-electron chi connectivity index (χ3n) is 9.97. The predicted octanol–water partition coefficient (Wildman–Crippen LogP) is 3.80. The van der Waals surface area contributed by atoms with E-state index in [1.807, 2.05) is 0 Å². The zero-order valence-corrected chi connectivity index (χ0v) is 18.3. The highest BCUT2D eigenvalue weighted by molar-refractivity contribution is 5.11. The van der Waals surface area contributed by atoms with Crippen LogP contribution in [0.2, 0.25) is 0 Å². The quantitative estimate of drug-likeness (QED) is 0.556. The van der Waals surface area contributed by atoms with Gasteiger partial charge in [0.2, 0.25) is 0 Å². The SMILES string of the molecule is CN(CCNCC#N)C1CCC2C3CCC4CC(O)CCC4(C)C3CCC21C. The largest absolute Gasteiger partial charge is 0.393 e. The molecular formula is C24H41N3O. The van der Waals surface area contributed by atoms with Crippen molar-refractivity contribution < 1.29 is 5.11 Å². The van der Waals surface area contributed by atoms with E-state index < -0.39 is 0 Å². The van der Waals surface area contributed by atoms with E-state index >= 15 is 0 Å². The van der Waals surface area contributed by atoms with Crippen LogP contribution in [0.3, 0.4) is 0 Å². The van der Waals surface area contributed by atoms with Gasteiger partial charge in [-0.15, -0.1) is 0 Å². The molecule has 158 valence electrons. The molecule has 0 aromatic carbocycles. The molecule has 4 heteroatoms. The monoisotopic (exact) mass is 387 g/mol. The van der Waals surface area contributed by atoms with E-state index in [0.717, 1.165) is 49.6 Å². The van der Waals surface area contributed by atoms with E-state index in [2.05, 4.69) is 37.2 Å². The molecule has 0 aromatic heterocycles. The number of rotatable bonds is 5. The molecule has 28 heavy (non-hydrogen) atoms. The van der Waals surface area contributed by atoms with Gasteiger partial charge < -0.3 is 15.3 Å². The van der Waals surface area contributed by atoms with Gasteiger partial charge in [-0.1, -0.05) is 13.8 Å². The summed E-state index contributed by atoms with van der Waals surface area (Å²) >= 11 is 0. The summed E-state index contributed by atoms with van der Waals surface area (Å²) in [6.45, 7) is 7.60. The molecule has 0 aromatic rings. The molecule has 0 heterocycles. The smallest absolute Gasteiger partial charge is 0.0841 e. The molecule has 2 N–H and O–H groups in total. The summed E-state index contributed by atoms with van der Waals surface area (Å²) < 4.78 is 0. The number of nitrogens with one attached hydrogen (secondary N) is 1. The van der Waals surface area contributed by atoms with Gasteiger partial charge in [0, 0.05) is 19.1 Å². The van der Waals surface area contributed by atoms with E-state index in [1.54, 1.807) is 0 Å². The molecule has 4 rings (SSSR count). The van der Waals surface area contributed by atoms with Crippen molar-refractivity contribution in [1.29, 1.82) is 5.26 Å². The predicted molar refractivity (Wildman–Crippen MR) is 113 cm³/mol. The normalized spacial score (nSPS) is 47.9. The Morgan fingerprint density at radius 2 is 1.79 bits per heavy atom. The highest BCUT2D eigenvalue weighted by atomic mass is 16.3. The van der Waals surface area contributed by atoms with Gasteiger partial charge in [0.1, 0.15) is 0 Å². The van der Waals surface area contributed by atoms with Crippen LogP contribution in [-0.4, -0.2) is 48.8 Å². The number of aliphatic hydroxyl groups is 1. The van der Waals surface area contributed by atoms with E-state index in [1.165, 1.54) is 44.9 Å². The number of aliphatic hydroxyl groups excluding tert-OH is 1. The summed E-state index contributed by atoms with van der Waals surface area (Å²) in [6, 6.07) is 2.87. The molecular weight excluding hydrogens is 346 g/mol. The first-order chi connectivity index (χ1) is 13.4. The number of fused-ring (bicyclic) bond motifs is 5. The van der Waals surface area contributed by atoms with Crippen molar-refractivity contribution in [3.63, 3.8) is 0 Å². The summed E-state index contributed by atoms with van der Waals surface area (Å²) in [5.41, 5.74) is 0.942. The Balaban J connectivity index is 1.45. The fourth-order valence-corrected chi connectivity index (χ4v) is 8.49. The summed E-state index contributed by atoms with van der Waals surface area (Å²) in [7, 11) is 2.30. The van der Waals surface area contributed by atoms with Gasteiger partial charge in [0.15, 0.2) is 0 Å². The van der Waals surface area contributed by atoms with Crippen LogP contribution in [0.25, 0.3) is 0 Å². The van der Waals surface area contributed by atoms with Crippen molar-refractivity contribution in [3.8, 4) is 6.07 Å². The molecule has 8 unspecified atom stereocenters. The Hall–Kier alpha value is -0.630. The lowest BCUT2D eigenvalue weighted by molar-refractivity contribution is -0.128. The summed E-state index contributed by atoms with van der Waals surface area (Å²) in [5, 5.41) is 22.2. The fraction of sp³-hybridized carbons (Fsp3) is 0.958. The number of likely N-dealkylation sites (N-methyl/N-ethyl adjacent to an activating group) is 1. The van der Waals surface area contributed by atoms with Gasteiger partial charge in [-0.25, -0.2) is 0 Å². The van der Waals surface area contributed by atoms with E-state index in [0.29, 0.717) is 23.4 Å². The lowest BCUT2D eigenvalue weighted by atomic mass is 9.45. The van der Waals surface area contributed by atoms with Crippen LogP contribution in [0.1, 0.15) is 71.6 Å². The van der Waals surface area contributed by atoms with Crippen LogP contribution in [-0.2, 0) is 0 Å². The molecule has 4 aliphatic carbocycles. The van der Waals surface area contributed by atoms with Gasteiger partial charge in [0.05, 0.1) is 18.7 Å². The highest BCUT2D eigenvalue weighted by Crippen LogP contribution is 2.66. The molecule has 4 saturated carbocycles. The molecule has 0 saturated heterocycles. The second-order valence-corrected chi connectivity index (χ2v) is 11.0. The van der Waals surface area contributed by atoms with Gasteiger partial charge >= 0.3 is 0 Å². The molecule has 0 aliphatic heterocycles. The molecule has 4 nitrogen and oxygen atoms in total. The molecule has 0 radical (unpaired) electrons. The van der Waals surface area contributed by atoms with E-state index in [9.17, 15) is 5.11 Å². The first-order valence-electron chi connectivity index (χ1n) is 11.9. The summed E-state index contributed by atoms with van der Waals surface area (Å²) in [4.78, 5) is 2.59. The highest BCUT2D eigenvalue weighted by Gasteiger charge is 2.60. The zero-order chi connectivity index (χ0) is 19.9. The molecule has 8 atom stereocenters. The standard InChI is InChI=1S/C24H41N3O/c1-23-10-8-18(28)16-17(23)4-5-19-20-6-7-22(24(20,2)11-9-21(19)23)27(3)15-14-26-13-12-25/h17-22,26,28H,4-11,13-16H2,1-3H3. The van der Waals surface area contributed by atoms with Crippen molar-refractivity contribution in [2.24, 2.45) is 34.5 Å². The Kier molecular flexibility index (Phi) is 5.82.